The SMILES string of the molecule is C[C@@H]1CCCC[C@H]1N1C(=O)c2ccccc2[C@@H]1C(=O)NC1CCCCCCC1. The molecule has 1 aliphatic heterocycles. The smallest absolute Gasteiger partial charge is 0.255 e. The summed E-state index contributed by atoms with van der Waals surface area (Å²) in [5.41, 5.74) is 1.62. The fourth-order valence-corrected chi connectivity index (χ4v) is 5.54. The van der Waals surface area contributed by atoms with E-state index in [4.69, 9.17) is 0 Å². The molecule has 3 atom stereocenters. The summed E-state index contributed by atoms with van der Waals surface area (Å²) in [5, 5.41) is 3.34. The average molecular weight is 383 g/mol. The molecule has 2 saturated carbocycles. The summed E-state index contributed by atoms with van der Waals surface area (Å²) >= 11 is 0. The lowest BCUT2D eigenvalue weighted by atomic mass is 9.84. The topological polar surface area (TPSA) is 49.4 Å². The van der Waals surface area contributed by atoms with E-state index in [2.05, 4.69) is 12.2 Å². The Balaban J connectivity index is 1.59. The molecular formula is C24H34N2O2. The second-order valence-electron chi connectivity index (χ2n) is 9.08. The maximum atomic E-state index is 13.5. The molecule has 4 rings (SSSR count). The highest BCUT2D eigenvalue weighted by molar-refractivity contribution is 6.05. The molecule has 2 fully saturated rings. The van der Waals surface area contributed by atoms with Crippen molar-refractivity contribution in [1.29, 1.82) is 0 Å². The van der Waals surface area contributed by atoms with Crippen LogP contribution in [-0.2, 0) is 4.79 Å². The lowest BCUT2D eigenvalue weighted by molar-refractivity contribution is -0.127. The summed E-state index contributed by atoms with van der Waals surface area (Å²) in [6.07, 6.45) is 12.9. The summed E-state index contributed by atoms with van der Waals surface area (Å²) in [7, 11) is 0. The highest BCUT2D eigenvalue weighted by atomic mass is 16.2. The van der Waals surface area contributed by atoms with Crippen molar-refractivity contribution in [2.24, 2.45) is 5.92 Å². The first-order chi connectivity index (χ1) is 13.7. The minimum atomic E-state index is -0.459. The first-order valence-electron chi connectivity index (χ1n) is 11.4. The maximum absolute atomic E-state index is 13.5. The fourth-order valence-electron chi connectivity index (χ4n) is 5.54. The van der Waals surface area contributed by atoms with E-state index < -0.39 is 6.04 Å². The quantitative estimate of drug-likeness (QED) is 0.800. The van der Waals surface area contributed by atoms with Crippen LogP contribution < -0.4 is 5.32 Å². The van der Waals surface area contributed by atoms with Crippen LogP contribution in [0.3, 0.4) is 0 Å². The molecule has 1 heterocycles. The molecule has 1 aromatic rings. The molecule has 28 heavy (non-hydrogen) atoms. The van der Waals surface area contributed by atoms with Crippen molar-refractivity contribution in [2.45, 2.75) is 95.7 Å². The molecule has 0 unspecified atom stereocenters. The van der Waals surface area contributed by atoms with Gasteiger partial charge in [-0.1, -0.05) is 70.1 Å². The predicted molar refractivity (Wildman–Crippen MR) is 111 cm³/mol. The standard InChI is InChI=1S/C24H34N2O2/c1-17-11-7-10-16-21(17)26-22(19-14-8-9-15-20(19)24(26)28)23(27)25-18-12-5-3-2-4-6-13-18/h8-9,14-15,17-18,21-22H,2-7,10-13,16H2,1H3,(H,25,27)/t17-,21-,22-/m1/s1. The van der Waals surface area contributed by atoms with E-state index in [1.807, 2.05) is 29.2 Å². The second-order valence-corrected chi connectivity index (χ2v) is 9.08. The summed E-state index contributed by atoms with van der Waals surface area (Å²) in [6.45, 7) is 2.24. The molecule has 1 aromatic carbocycles. The number of nitrogens with zero attached hydrogens (tertiary/aromatic N) is 1. The molecule has 0 aromatic heterocycles. The van der Waals surface area contributed by atoms with Gasteiger partial charge in [0.25, 0.3) is 5.91 Å². The lowest BCUT2D eigenvalue weighted by Gasteiger charge is -2.39. The normalized spacial score (nSPS) is 29.1. The van der Waals surface area contributed by atoms with E-state index in [-0.39, 0.29) is 23.9 Å². The Morgan fingerprint density at radius 1 is 0.929 bits per heavy atom. The van der Waals surface area contributed by atoms with Crippen molar-refractivity contribution in [2.75, 3.05) is 0 Å². The molecule has 0 bridgehead atoms. The van der Waals surface area contributed by atoms with Gasteiger partial charge in [0.05, 0.1) is 0 Å². The largest absolute Gasteiger partial charge is 0.351 e. The van der Waals surface area contributed by atoms with Gasteiger partial charge in [0.2, 0.25) is 5.91 Å². The number of hydrogen-bond acceptors (Lipinski definition) is 2. The third kappa shape index (κ3) is 3.83. The predicted octanol–water partition coefficient (Wildman–Crippen LogP) is 4.99. The van der Waals surface area contributed by atoms with Gasteiger partial charge >= 0.3 is 0 Å². The Morgan fingerprint density at radius 3 is 2.32 bits per heavy atom. The van der Waals surface area contributed by atoms with Crippen LogP contribution >= 0.6 is 0 Å². The molecule has 2 aliphatic carbocycles. The minimum absolute atomic E-state index is 0.0293. The van der Waals surface area contributed by atoms with Gasteiger partial charge in [-0.2, -0.15) is 0 Å². The Morgan fingerprint density at radius 2 is 1.57 bits per heavy atom. The number of rotatable bonds is 3. The van der Waals surface area contributed by atoms with Crippen LogP contribution in [0.25, 0.3) is 0 Å². The van der Waals surface area contributed by atoms with Crippen molar-refractivity contribution in [1.82, 2.24) is 10.2 Å². The Hall–Kier alpha value is -1.84. The number of carbonyl (C=O) groups is 2. The Kier molecular flexibility index (Phi) is 6.03. The van der Waals surface area contributed by atoms with Crippen LogP contribution in [0.2, 0.25) is 0 Å². The minimum Gasteiger partial charge on any atom is -0.351 e. The zero-order chi connectivity index (χ0) is 19.5. The van der Waals surface area contributed by atoms with Gasteiger partial charge < -0.3 is 10.2 Å². The summed E-state index contributed by atoms with van der Waals surface area (Å²) in [6, 6.07) is 7.69. The number of fused-ring (bicyclic) bond motifs is 1. The van der Waals surface area contributed by atoms with E-state index in [9.17, 15) is 9.59 Å². The van der Waals surface area contributed by atoms with Crippen LogP contribution in [0.1, 0.15) is 99.5 Å². The van der Waals surface area contributed by atoms with Crippen LogP contribution in [-0.4, -0.2) is 28.8 Å². The van der Waals surface area contributed by atoms with E-state index in [1.165, 1.54) is 38.5 Å². The first kappa shape index (κ1) is 19.5. The molecule has 4 heteroatoms. The number of carbonyl (C=O) groups excluding carboxylic acids is 2. The van der Waals surface area contributed by atoms with Crippen LogP contribution in [0.4, 0.5) is 0 Å². The van der Waals surface area contributed by atoms with Gasteiger partial charge in [-0.3, -0.25) is 9.59 Å². The third-order valence-electron chi connectivity index (χ3n) is 7.12. The summed E-state index contributed by atoms with van der Waals surface area (Å²) in [5.74, 6) is 0.525. The molecule has 4 nitrogen and oxygen atoms in total. The first-order valence-corrected chi connectivity index (χ1v) is 11.4. The van der Waals surface area contributed by atoms with E-state index in [0.717, 1.165) is 43.2 Å². The van der Waals surface area contributed by atoms with Crippen molar-refractivity contribution < 1.29 is 9.59 Å². The van der Waals surface area contributed by atoms with Crippen molar-refractivity contribution >= 4 is 11.8 Å². The molecule has 2 amide bonds. The molecular weight excluding hydrogens is 348 g/mol. The van der Waals surface area contributed by atoms with Crippen LogP contribution in [0.15, 0.2) is 24.3 Å². The van der Waals surface area contributed by atoms with E-state index in [1.54, 1.807) is 0 Å². The second kappa shape index (κ2) is 8.67. The molecule has 1 N–H and O–H groups in total. The van der Waals surface area contributed by atoms with Gasteiger partial charge in [0.1, 0.15) is 6.04 Å². The number of nitrogens with one attached hydrogen (secondary N) is 1. The van der Waals surface area contributed by atoms with Gasteiger partial charge in [-0.15, -0.1) is 0 Å². The van der Waals surface area contributed by atoms with Crippen molar-refractivity contribution in [3.05, 3.63) is 35.4 Å². The van der Waals surface area contributed by atoms with Gasteiger partial charge in [-0.05, 0) is 43.2 Å². The molecule has 0 radical (unpaired) electrons. The van der Waals surface area contributed by atoms with Crippen LogP contribution in [0.5, 0.6) is 0 Å². The van der Waals surface area contributed by atoms with Gasteiger partial charge in [0.15, 0.2) is 0 Å². The zero-order valence-electron chi connectivity index (χ0n) is 17.2. The molecule has 3 aliphatic rings. The highest BCUT2D eigenvalue weighted by Gasteiger charge is 2.46. The summed E-state index contributed by atoms with van der Waals surface area (Å²) in [4.78, 5) is 28.7. The lowest BCUT2D eigenvalue weighted by Crippen LogP contribution is -2.49. The number of hydrogen-bond donors (Lipinski definition) is 1. The maximum Gasteiger partial charge on any atom is 0.255 e. The molecule has 0 saturated heterocycles. The highest BCUT2D eigenvalue weighted by Crippen LogP contribution is 2.40. The number of amides is 2. The van der Waals surface area contributed by atoms with Crippen molar-refractivity contribution in [3.63, 3.8) is 0 Å². The average Bonchev–Trinajstić information content (AvgIpc) is 2.97. The monoisotopic (exact) mass is 382 g/mol. The van der Waals surface area contributed by atoms with Crippen molar-refractivity contribution in [3.8, 4) is 0 Å². The Bertz CT molecular complexity index is 708. The Labute approximate surface area is 169 Å². The summed E-state index contributed by atoms with van der Waals surface area (Å²) < 4.78 is 0. The van der Waals surface area contributed by atoms with Gasteiger partial charge in [0, 0.05) is 17.6 Å². The molecule has 152 valence electrons. The molecule has 0 spiro atoms. The number of benzene rings is 1. The fraction of sp³-hybridized carbons (Fsp3) is 0.667. The van der Waals surface area contributed by atoms with E-state index >= 15 is 0 Å². The third-order valence-corrected chi connectivity index (χ3v) is 7.12. The van der Waals surface area contributed by atoms with Crippen LogP contribution in [0, 0.1) is 5.92 Å². The zero-order valence-corrected chi connectivity index (χ0v) is 17.2. The van der Waals surface area contributed by atoms with E-state index in [0.29, 0.717) is 5.92 Å². The van der Waals surface area contributed by atoms with Gasteiger partial charge in [-0.25, -0.2) is 0 Å².